The zero-order chi connectivity index (χ0) is 20.0. The van der Waals surface area contributed by atoms with E-state index in [1.807, 2.05) is 13.8 Å². The van der Waals surface area contributed by atoms with Crippen LogP contribution in [-0.2, 0) is 10.0 Å². The van der Waals surface area contributed by atoms with Gasteiger partial charge in [-0.3, -0.25) is 4.79 Å². The smallest absolute Gasteiger partial charge is 0.287 e. The van der Waals surface area contributed by atoms with Crippen LogP contribution in [0.2, 0.25) is 0 Å². The fourth-order valence-electron chi connectivity index (χ4n) is 3.19. The maximum atomic E-state index is 13.6. The number of alkyl halides is 2. The Balaban J connectivity index is 1.99. The number of nitrogens with zero attached hydrogens (tertiary/aromatic N) is 1. The molecule has 1 amide bonds. The predicted octanol–water partition coefficient (Wildman–Crippen LogP) is 3.30. The van der Waals surface area contributed by atoms with Crippen molar-refractivity contribution in [3.8, 4) is 0 Å². The van der Waals surface area contributed by atoms with Crippen LogP contribution in [0.3, 0.4) is 0 Å². The molecule has 1 aliphatic rings. The quantitative estimate of drug-likeness (QED) is 0.854. The van der Waals surface area contributed by atoms with E-state index < -0.39 is 28.4 Å². The lowest BCUT2D eigenvalue weighted by Crippen LogP contribution is -2.45. The minimum Gasteiger partial charge on any atom is -0.451 e. The van der Waals surface area contributed by atoms with E-state index in [2.05, 4.69) is 5.32 Å². The summed E-state index contributed by atoms with van der Waals surface area (Å²) in [6.45, 7) is 4.53. The third kappa shape index (κ3) is 3.84. The summed E-state index contributed by atoms with van der Waals surface area (Å²) >= 11 is 0. The summed E-state index contributed by atoms with van der Waals surface area (Å²) in [7, 11) is -4.06. The van der Waals surface area contributed by atoms with Crippen molar-refractivity contribution in [2.24, 2.45) is 0 Å². The summed E-state index contributed by atoms with van der Waals surface area (Å²) < 4.78 is 59.3. The number of halogens is 2. The maximum Gasteiger partial charge on any atom is 0.287 e. The maximum absolute atomic E-state index is 13.6. The SMILES string of the molecule is Cc1c(C(=O)NC(C)C)oc2ccc(S(=O)(=O)N3CCCC(F)(F)C3)cc12. The monoisotopic (exact) mass is 400 g/mol. The number of carbonyl (C=O) groups is 1. The molecule has 2 heterocycles. The van der Waals surface area contributed by atoms with Gasteiger partial charge in [-0.2, -0.15) is 4.31 Å². The normalized spacial score (nSPS) is 18.1. The van der Waals surface area contributed by atoms with Crippen LogP contribution in [0.4, 0.5) is 8.78 Å². The van der Waals surface area contributed by atoms with Crippen molar-refractivity contribution in [3.05, 3.63) is 29.5 Å². The van der Waals surface area contributed by atoms with Gasteiger partial charge in [-0.15, -0.1) is 0 Å². The molecule has 0 unspecified atom stereocenters. The van der Waals surface area contributed by atoms with Crippen molar-refractivity contribution in [3.63, 3.8) is 0 Å². The first-order valence-corrected chi connectivity index (χ1v) is 10.2. The Hall–Kier alpha value is -2.00. The number of aryl methyl sites for hydroxylation is 1. The molecule has 1 aromatic heterocycles. The van der Waals surface area contributed by atoms with Crippen LogP contribution in [0.25, 0.3) is 11.0 Å². The Morgan fingerprint density at radius 2 is 2.04 bits per heavy atom. The number of hydrogen-bond acceptors (Lipinski definition) is 4. The molecule has 0 bridgehead atoms. The first kappa shape index (κ1) is 19.8. The topological polar surface area (TPSA) is 79.6 Å². The number of fused-ring (bicyclic) bond motifs is 1. The molecular weight excluding hydrogens is 378 g/mol. The number of amides is 1. The third-order valence-corrected chi connectivity index (χ3v) is 6.37. The van der Waals surface area contributed by atoms with Gasteiger partial charge in [0.15, 0.2) is 5.76 Å². The largest absolute Gasteiger partial charge is 0.451 e. The van der Waals surface area contributed by atoms with E-state index in [9.17, 15) is 22.0 Å². The van der Waals surface area contributed by atoms with Crippen LogP contribution in [0.1, 0.15) is 42.8 Å². The second kappa shape index (κ2) is 6.87. The summed E-state index contributed by atoms with van der Waals surface area (Å²) in [5, 5.41) is 3.19. The molecule has 1 saturated heterocycles. The van der Waals surface area contributed by atoms with E-state index in [1.165, 1.54) is 18.2 Å². The third-order valence-electron chi connectivity index (χ3n) is 4.53. The first-order valence-electron chi connectivity index (χ1n) is 8.73. The highest BCUT2D eigenvalue weighted by Gasteiger charge is 2.40. The molecule has 0 radical (unpaired) electrons. The number of carbonyl (C=O) groups excluding carboxylic acids is 1. The Kier molecular flexibility index (Phi) is 5.02. The zero-order valence-electron chi connectivity index (χ0n) is 15.4. The van der Waals surface area contributed by atoms with Gasteiger partial charge >= 0.3 is 0 Å². The van der Waals surface area contributed by atoms with Crippen molar-refractivity contribution in [2.45, 2.75) is 50.5 Å². The standard InChI is InChI=1S/C18H22F2N2O4S/c1-11(2)21-17(23)16-12(3)14-9-13(5-6-15(14)26-16)27(24,25)22-8-4-7-18(19,20)10-22/h5-6,9,11H,4,7-8,10H2,1-3H3,(H,21,23). The number of sulfonamides is 1. The van der Waals surface area contributed by atoms with Crippen molar-refractivity contribution in [1.82, 2.24) is 9.62 Å². The summed E-state index contributed by atoms with van der Waals surface area (Å²) in [6, 6.07) is 4.06. The molecule has 1 fully saturated rings. The van der Waals surface area contributed by atoms with Crippen LogP contribution >= 0.6 is 0 Å². The van der Waals surface area contributed by atoms with Crippen molar-refractivity contribution in [1.29, 1.82) is 0 Å². The molecule has 2 aromatic rings. The van der Waals surface area contributed by atoms with Gasteiger partial charge in [0.2, 0.25) is 10.0 Å². The number of rotatable bonds is 4. The molecule has 1 aliphatic heterocycles. The van der Waals surface area contributed by atoms with Gasteiger partial charge in [0.25, 0.3) is 11.8 Å². The van der Waals surface area contributed by atoms with E-state index in [4.69, 9.17) is 4.42 Å². The van der Waals surface area contributed by atoms with Crippen LogP contribution in [-0.4, -0.2) is 43.7 Å². The van der Waals surface area contributed by atoms with Crippen LogP contribution < -0.4 is 5.32 Å². The highest BCUT2D eigenvalue weighted by Crippen LogP contribution is 2.32. The molecule has 0 atom stereocenters. The molecule has 1 N–H and O–H groups in total. The number of furan rings is 1. The minimum absolute atomic E-state index is 0.0579. The average molecular weight is 400 g/mol. The Bertz CT molecular complexity index is 983. The Labute approximate surface area is 156 Å². The molecule has 6 nitrogen and oxygen atoms in total. The number of benzene rings is 1. The lowest BCUT2D eigenvalue weighted by atomic mass is 10.1. The zero-order valence-corrected chi connectivity index (χ0v) is 16.2. The van der Waals surface area contributed by atoms with Crippen LogP contribution in [0, 0.1) is 6.92 Å². The predicted molar refractivity (Wildman–Crippen MR) is 96.5 cm³/mol. The number of piperidine rings is 1. The molecule has 1 aromatic carbocycles. The van der Waals surface area contributed by atoms with Gasteiger partial charge in [0, 0.05) is 30.0 Å². The van der Waals surface area contributed by atoms with Crippen molar-refractivity contribution in [2.75, 3.05) is 13.1 Å². The molecule has 9 heteroatoms. The van der Waals surface area contributed by atoms with Gasteiger partial charge in [-0.25, -0.2) is 17.2 Å². The second-order valence-electron chi connectivity index (χ2n) is 7.14. The van der Waals surface area contributed by atoms with E-state index in [0.717, 1.165) is 4.31 Å². The average Bonchev–Trinajstić information content (AvgIpc) is 2.90. The van der Waals surface area contributed by atoms with Crippen LogP contribution in [0.5, 0.6) is 0 Å². The molecule has 0 spiro atoms. The molecule has 0 aliphatic carbocycles. The number of hydrogen-bond donors (Lipinski definition) is 1. The van der Waals surface area contributed by atoms with Gasteiger partial charge in [-0.05, 0) is 45.4 Å². The van der Waals surface area contributed by atoms with E-state index in [0.29, 0.717) is 16.5 Å². The summed E-state index contributed by atoms with van der Waals surface area (Å²) in [5.41, 5.74) is 0.869. The van der Waals surface area contributed by atoms with E-state index >= 15 is 0 Å². The highest BCUT2D eigenvalue weighted by molar-refractivity contribution is 7.89. The van der Waals surface area contributed by atoms with E-state index in [-0.39, 0.29) is 36.1 Å². The molecule has 0 saturated carbocycles. The van der Waals surface area contributed by atoms with Gasteiger partial charge in [-0.1, -0.05) is 0 Å². The fourth-order valence-corrected chi connectivity index (χ4v) is 4.72. The lowest BCUT2D eigenvalue weighted by Gasteiger charge is -2.31. The molecule has 3 rings (SSSR count). The summed E-state index contributed by atoms with van der Waals surface area (Å²) in [6.07, 6.45) is -0.202. The molecule has 27 heavy (non-hydrogen) atoms. The second-order valence-corrected chi connectivity index (χ2v) is 9.08. The molecular formula is C18H22F2N2O4S. The Morgan fingerprint density at radius 1 is 1.33 bits per heavy atom. The lowest BCUT2D eigenvalue weighted by molar-refractivity contribution is -0.0434. The molecule has 148 valence electrons. The fraction of sp³-hybridized carbons (Fsp3) is 0.500. The number of nitrogens with one attached hydrogen (secondary N) is 1. The van der Waals surface area contributed by atoms with Crippen molar-refractivity contribution >= 4 is 26.9 Å². The van der Waals surface area contributed by atoms with Gasteiger partial charge in [0.05, 0.1) is 11.4 Å². The summed E-state index contributed by atoms with van der Waals surface area (Å²) in [4.78, 5) is 12.1. The van der Waals surface area contributed by atoms with Crippen molar-refractivity contribution < 1.29 is 26.4 Å². The minimum atomic E-state index is -4.06. The Morgan fingerprint density at radius 3 is 2.67 bits per heavy atom. The first-order chi connectivity index (χ1) is 12.5. The summed E-state index contributed by atoms with van der Waals surface area (Å²) in [5.74, 6) is -3.31. The van der Waals surface area contributed by atoms with Gasteiger partial charge in [0.1, 0.15) is 5.58 Å². The highest BCUT2D eigenvalue weighted by atomic mass is 32.2. The van der Waals surface area contributed by atoms with E-state index in [1.54, 1.807) is 6.92 Å². The van der Waals surface area contributed by atoms with Gasteiger partial charge < -0.3 is 9.73 Å². The van der Waals surface area contributed by atoms with Crippen LogP contribution in [0.15, 0.2) is 27.5 Å².